The summed E-state index contributed by atoms with van der Waals surface area (Å²) < 4.78 is 0. The van der Waals surface area contributed by atoms with Crippen LogP contribution in [-0.2, 0) is 6.54 Å². The lowest BCUT2D eigenvalue weighted by Crippen LogP contribution is -2.31. The number of hydrogen-bond acceptors (Lipinski definition) is 3. The number of rotatable bonds is 5. The van der Waals surface area contributed by atoms with Crippen molar-refractivity contribution in [1.29, 1.82) is 0 Å². The molecule has 4 heteroatoms. The van der Waals surface area contributed by atoms with Crippen molar-refractivity contribution in [3.63, 3.8) is 0 Å². The molecule has 0 aliphatic rings. The van der Waals surface area contributed by atoms with Gasteiger partial charge < -0.3 is 9.80 Å². The fourth-order valence-electron chi connectivity index (χ4n) is 2.27. The maximum atomic E-state index is 12.6. The van der Waals surface area contributed by atoms with Gasteiger partial charge in [0.1, 0.15) is 5.69 Å². The molecule has 0 aliphatic heterocycles. The van der Waals surface area contributed by atoms with Crippen LogP contribution >= 0.6 is 0 Å². The quantitative estimate of drug-likeness (QED) is 0.851. The molecule has 0 radical (unpaired) electrons. The van der Waals surface area contributed by atoms with E-state index < -0.39 is 0 Å². The molecule has 0 fully saturated rings. The zero-order chi connectivity index (χ0) is 16.1. The lowest BCUT2D eigenvalue weighted by molar-refractivity contribution is 0.0746. The van der Waals surface area contributed by atoms with E-state index in [0.717, 1.165) is 16.9 Å². The van der Waals surface area contributed by atoms with Crippen LogP contribution in [0.5, 0.6) is 0 Å². The number of aromatic nitrogens is 1. The minimum absolute atomic E-state index is 0.0251. The van der Waals surface area contributed by atoms with Crippen LogP contribution in [0.3, 0.4) is 0 Å². The average molecular weight is 297 g/mol. The van der Waals surface area contributed by atoms with Crippen molar-refractivity contribution in [2.24, 2.45) is 0 Å². The van der Waals surface area contributed by atoms with E-state index in [2.05, 4.69) is 34.1 Å². The maximum Gasteiger partial charge on any atom is 0.272 e. The first-order valence-electron chi connectivity index (χ1n) is 7.50. The van der Waals surface area contributed by atoms with Crippen molar-refractivity contribution >= 4 is 11.6 Å². The number of aryl methyl sites for hydroxylation is 1. The van der Waals surface area contributed by atoms with Crippen LogP contribution < -0.4 is 4.90 Å². The molecular formula is C18H23N3O. The van der Waals surface area contributed by atoms with E-state index in [0.29, 0.717) is 18.8 Å². The standard InChI is InChI=1S/C18H23N3O/c1-5-21(18(22)17-8-6-7-14(2)19-17)13-15-9-11-16(12-10-15)20(3)4/h6-12H,5,13H2,1-4H3. The van der Waals surface area contributed by atoms with Crippen LogP contribution in [0.15, 0.2) is 42.5 Å². The molecule has 0 aliphatic carbocycles. The molecule has 4 nitrogen and oxygen atoms in total. The molecule has 1 amide bonds. The summed E-state index contributed by atoms with van der Waals surface area (Å²) in [5.74, 6) is -0.0251. The highest BCUT2D eigenvalue weighted by Crippen LogP contribution is 2.15. The first-order chi connectivity index (χ1) is 10.5. The van der Waals surface area contributed by atoms with E-state index >= 15 is 0 Å². The van der Waals surface area contributed by atoms with Gasteiger partial charge in [-0.1, -0.05) is 18.2 Å². The molecule has 2 rings (SSSR count). The summed E-state index contributed by atoms with van der Waals surface area (Å²) in [6.07, 6.45) is 0. The number of carbonyl (C=O) groups excluding carboxylic acids is 1. The van der Waals surface area contributed by atoms with E-state index in [9.17, 15) is 4.79 Å². The van der Waals surface area contributed by atoms with Gasteiger partial charge in [0.2, 0.25) is 0 Å². The molecule has 1 aromatic heterocycles. The van der Waals surface area contributed by atoms with Crippen LogP contribution in [0.25, 0.3) is 0 Å². The van der Waals surface area contributed by atoms with Crippen molar-refractivity contribution in [1.82, 2.24) is 9.88 Å². The Kier molecular flexibility index (Phi) is 5.15. The third-order valence-corrected chi connectivity index (χ3v) is 3.60. The van der Waals surface area contributed by atoms with E-state index in [4.69, 9.17) is 0 Å². The lowest BCUT2D eigenvalue weighted by Gasteiger charge is -2.21. The molecule has 0 bridgehead atoms. The number of pyridine rings is 1. The van der Waals surface area contributed by atoms with Crippen molar-refractivity contribution in [2.75, 3.05) is 25.5 Å². The summed E-state index contributed by atoms with van der Waals surface area (Å²) in [7, 11) is 4.03. The van der Waals surface area contributed by atoms with E-state index in [1.165, 1.54) is 0 Å². The van der Waals surface area contributed by atoms with Crippen molar-refractivity contribution in [2.45, 2.75) is 20.4 Å². The second-order valence-corrected chi connectivity index (χ2v) is 5.54. The number of hydrogen-bond donors (Lipinski definition) is 0. The SMILES string of the molecule is CCN(Cc1ccc(N(C)C)cc1)C(=O)c1cccc(C)n1. The van der Waals surface area contributed by atoms with Gasteiger partial charge in [0, 0.05) is 38.6 Å². The molecule has 0 saturated heterocycles. The third-order valence-electron chi connectivity index (χ3n) is 3.60. The van der Waals surface area contributed by atoms with Crippen LogP contribution in [0.4, 0.5) is 5.69 Å². The van der Waals surface area contributed by atoms with Gasteiger partial charge in [0.05, 0.1) is 0 Å². The Morgan fingerprint density at radius 2 is 1.77 bits per heavy atom. The van der Waals surface area contributed by atoms with Crippen LogP contribution in [0, 0.1) is 6.92 Å². The molecule has 22 heavy (non-hydrogen) atoms. The Hall–Kier alpha value is -2.36. The van der Waals surface area contributed by atoms with Crippen LogP contribution in [0.1, 0.15) is 28.7 Å². The minimum Gasteiger partial charge on any atom is -0.378 e. The number of carbonyl (C=O) groups is 1. The fourth-order valence-corrected chi connectivity index (χ4v) is 2.27. The predicted octanol–water partition coefficient (Wildman–Crippen LogP) is 3.12. The molecule has 0 saturated carbocycles. The Balaban J connectivity index is 2.13. The van der Waals surface area contributed by atoms with Crippen molar-refractivity contribution < 1.29 is 4.79 Å². The van der Waals surface area contributed by atoms with Crippen LogP contribution in [-0.4, -0.2) is 36.4 Å². The highest BCUT2D eigenvalue weighted by atomic mass is 16.2. The van der Waals surface area contributed by atoms with Crippen molar-refractivity contribution in [3.8, 4) is 0 Å². The third kappa shape index (κ3) is 3.85. The van der Waals surface area contributed by atoms with E-state index in [1.54, 1.807) is 6.07 Å². The van der Waals surface area contributed by atoms with Gasteiger partial charge in [0.15, 0.2) is 0 Å². The number of benzene rings is 1. The smallest absolute Gasteiger partial charge is 0.272 e. The summed E-state index contributed by atoms with van der Waals surface area (Å²) in [5.41, 5.74) is 3.64. The Morgan fingerprint density at radius 3 is 2.32 bits per heavy atom. The van der Waals surface area contributed by atoms with Gasteiger partial charge in [-0.3, -0.25) is 4.79 Å². The zero-order valence-corrected chi connectivity index (χ0v) is 13.7. The van der Waals surface area contributed by atoms with Gasteiger partial charge >= 0.3 is 0 Å². The molecule has 0 atom stereocenters. The van der Waals surface area contributed by atoms with Gasteiger partial charge in [-0.05, 0) is 43.7 Å². The molecule has 2 aromatic rings. The molecule has 116 valence electrons. The minimum atomic E-state index is -0.0251. The first-order valence-corrected chi connectivity index (χ1v) is 7.50. The highest BCUT2D eigenvalue weighted by Gasteiger charge is 2.15. The second kappa shape index (κ2) is 7.07. The van der Waals surface area contributed by atoms with Crippen LogP contribution in [0.2, 0.25) is 0 Å². The number of nitrogens with zero attached hydrogens (tertiary/aromatic N) is 3. The number of amides is 1. The monoisotopic (exact) mass is 297 g/mol. The maximum absolute atomic E-state index is 12.6. The van der Waals surface area contributed by atoms with Gasteiger partial charge in [-0.15, -0.1) is 0 Å². The second-order valence-electron chi connectivity index (χ2n) is 5.54. The van der Waals surface area contributed by atoms with Gasteiger partial charge in [-0.25, -0.2) is 4.98 Å². The summed E-state index contributed by atoms with van der Waals surface area (Å²) in [6.45, 7) is 5.14. The molecule has 1 aromatic carbocycles. The fraction of sp³-hybridized carbons (Fsp3) is 0.333. The Bertz CT molecular complexity index is 635. The first kappa shape index (κ1) is 16.0. The van der Waals surface area contributed by atoms with E-state index in [-0.39, 0.29) is 5.91 Å². The molecule has 0 unspecified atom stereocenters. The summed E-state index contributed by atoms with van der Waals surface area (Å²) in [4.78, 5) is 20.8. The zero-order valence-electron chi connectivity index (χ0n) is 13.7. The number of anilines is 1. The average Bonchev–Trinajstić information content (AvgIpc) is 2.52. The summed E-state index contributed by atoms with van der Waals surface area (Å²) in [6, 6.07) is 13.8. The Labute approximate surface area is 132 Å². The van der Waals surface area contributed by atoms with Gasteiger partial charge in [-0.2, -0.15) is 0 Å². The summed E-state index contributed by atoms with van der Waals surface area (Å²) >= 11 is 0. The predicted molar refractivity (Wildman–Crippen MR) is 90.2 cm³/mol. The molecule has 0 spiro atoms. The highest BCUT2D eigenvalue weighted by molar-refractivity contribution is 5.92. The lowest BCUT2D eigenvalue weighted by atomic mass is 10.1. The Morgan fingerprint density at radius 1 is 1.09 bits per heavy atom. The summed E-state index contributed by atoms with van der Waals surface area (Å²) in [5, 5.41) is 0. The normalized spacial score (nSPS) is 10.4. The topological polar surface area (TPSA) is 36.4 Å². The van der Waals surface area contributed by atoms with Crippen molar-refractivity contribution in [3.05, 3.63) is 59.4 Å². The molecular weight excluding hydrogens is 274 g/mol. The molecule has 0 N–H and O–H groups in total. The van der Waals surface area contributed by atoms with E-state index in [1.807, 2.05) is 45.0 Å². The van der Waals surface area contributed by atoms with Gasteiger partial charge in [0.25, 0.3) is 5.91 Å². The molecule has 1 heterocycles. The largest absolute Gasteiger partial charge is 0.378 e.